The van der Waals surface area contributed by atoms with Crippen molar-refractivity contribution in [2.24, 2.45) is 0 Å². The van der Waals surface area contributed by atoms with Gasteiger partial charge in [0, 0.05) is 23.3 Å². The van der Waals surface area contributed by atoms with Crippen LogP contribution in [0.5, 0.6) is 5.75 Å². The summed E-state index contributed by atoms with van der Waals surface area (Å²) in [5.41, 5.74) is 1.45. The Morgan fingerprint density at radius 1 is 1.08 bits per heavy atom. The second-order valence-electron chi connectivity index (χ2n) is 5.45. The minimum absolute atomic E-state index is 0.0196. The van der Waals surface area contributed by atoms with Crippen molar-refractivity contribution in [3.63, 3.8) is 0 Å². The molecule has 25 heavy (non-hydrogen) atoms. The molecule has 0 unspecified atom stereocenters. The highest BCUT2D eigenvalue weighted by Gasteiger charge is 2.12. The van der Waals surface area contributed by atoms with Gasteiger partial charge in [0.15, 0.2) is 0 Å². The van der Waals surface area contributed by atoms with Crippen molar-refractivity contribution in [1.29, 1.82) is 0 Å². The van der Waals surface area contributed by atoms with E-state index in [-0.39, 0.29) is 5.69 Å². The fraction of sp³-hybridized carbons (Fsp3) is 0.222. The topological polar surface area (TPSA) is 91.3 Å². The van der Waals surface area contributed by atoms with Gasteiger partial charge in [0.1, 0.15) is 5.75 Å². The van der Waals surface area contributed by atoms with Gasteiger partial charge in [-0.05, 0) is 42.8 Å². The number of hydrogen-bond donors (Lipinski definition) is 0. The minimum Gasteiger partial charge on any atom is -0.494 e. The highest BCUT2D eigenvalue weighted by Crippen LogP contribution is 2.25. The minimum atomic E-state index is -0.449. The van der Waals surface area contributed by atoms with Crippen LogP contribution in [0.3, 0.4) is 0 Å². The summed E-state index contributed by atoms with van der Waals surface area (Å²) in [5.74, 6) is 1.56. The molecular formula is C18H17N3O4. The third-order valence-corrected chi connectivity index (χ3v) is 3.63. The summed E-state index contributed by atoms with van der Waals surface area (Å²) in [5, 5.41) is 14.6. The van der Waals surface area contributed by atoms with Gasteiger partial charge in [0.05, 0.1) is 11.5 Å². The smallest absolute Gasteiger partial charge is 0.269 e. The van der Waals surface area contributed by atoms with Crippen molar-refractivity contribution in [3.05, 3.63) is 58.6 Å². The van der Waals surface area contributed by atoms with E-state index in [1.165, 1.54) is 12.1 Å². The summed E-state index contributed by atoms with van der Waals surface area (Å²) in [6.07, 6.45) is 2.11. The normalized spacial score (nSPS) is 10.6. The molecule has 0 aliphatic heterocycles. The Morgan fingerprint density at radius 3 is 2.40 bits per heavy atom. The maximum atomic E-state index is 10.7. The molecule has 0 atom stereocenters. The molecule has 0 aliphatic rings. The SMILES string of the molecule is CCCCOc1ccc(-c2nc(-c3ccc([N+](=O)[O-])cc3)no2)cc1. The molecular weight excluding hydrogens is 322 g/mol. The molecule has 0 N–H and O–H groups in total. The lowest BCUT2D eigenvalue weighted by Gasteiger charge is -2.04. The van der Waals surface area contributed by atoms with Crippen molar-refractivity contribution in [2.75, 3.05) is 6.61 Å². The molecule has 1 aromatic heterocycles. The summed E-state index contributed by atoms with van der Waals surface area (Å²) in [6.45, 7) is 2.81. The van der Waals surface area contributed by atoms with Crippen LogP contribution in [0, 0.1) is 10.1 Å². The van der Waals surface area contributed by atoms with Crippen molar-refractivity contribution >= 4 is 5.69 Å². The summed E-state index contributed by atoms with van der Waals surface area (Å²) >= 11 is 0. The third kappa shape index (κ3) is 4.00. The molecule has 0 saturated heterocycles. The Labute approximate surface area is 144 Å². The average Bonchev–Trinajstić information content (AvgIpc) is 3.13. The number of aromatic nitrogens is 2. The lowest BCUT2D eigenvalue weighted by atomic mass is 10.2. The number of hydrogen-bond acceptors (Lipinski definition) is 6. The van der Waals surface area contributed by atoms with Crippen LogP contribution < -0.4 is 4.74 Å². The van der Waals surface area contributed by atoms with Crippen LogP contribution in [0.25, 0.3) is 22.8 Å². The zero-order valence-electron chi connectivity index (χ0n) is 13.7. The highest BCUT2D eigenvalue weighted by molar-refractivity contribution is 5.61. The Balaban J connectivity index is 1.73. The highest BCUT2D eigenvalue weighted by atomic mass is 16.6. The number of non-ortho nitro benzene ring substituents is 1. The summed E-state index contributed by atoms with van der Waals surface area (Å²) in [4.78, 5) is 14.6. The van der Waals surface area contributed by atoms with Crippen molar-refractivity contribution < 1.29 is 14.2 Å². The van der Waals surface area contributed by atoms with Gasteiger partial charge in [-0.3, -0.25) is 10.1 Å². The van der Waals surface area contributed by atoms with Crippen LogP contribution in [0.2, 0.25) is 0 Å². The van der Waals surface area contributed by atoms with E-state index in [2.05, 4.69) is 17.1 Å². The summed E-state index contributed by atoms with van der Waals surface area (Å²) in [7, 11) is 0. The van der Waals surface area contributed by atoms with Crippen LogP contribution in [-0.2, 0) is 0 Å². The van der Waals surface area contributed by atoms with E-state index < -0.39 is 4.92 Å². The number of benzene rings is 2. The number of nitro groups is 1. The Morgan fingerprint density at radius 2 is 1.76 bits per heavy atom. The average molecular weight is 339 g/mol. The fourth-order valence-corrected chi connectivity index (χ4v) is 2.22. The number of ether oxygens (including phenoxy) is 1. The molecule has 7 heteroatoms. The Bertz CT molecular complexity index is 842. The molecule has 3 aromatic rings. The number of nitrogens with zero attached hydrogens (tertiary/aromatic N) is 3. The maximum absolute atomic E-state index is 10.7. The Kier molecular flexibility index (Phi) is 5.03. The van der Waals surface area contributed by atoms with Gasteiger partial charge in [-0.2, -0.15) is 4.98 Å². The first-order valence-corrected chi connectivity index (χ1v) is 7.99. The quantitative estimate of drug-likeness (QED) is 0.358. The van der Waals surface area contributed by atoms with E-state index in [9.17, 15) is 10.1 Å². The molecule has 128 valence electrons. The van der Waals surface area contributed by atoms with Crippen LogP contribution >= 0.6 is 0 Å². The van der Waals surface area contributed by atoms with E-state index in [1.807, 2.05) is 24.3 Å². The van der Waals surface area contributed by atoms with Crippen molar-refractivity contribution in [1.82, 2.24) is 10.1 Å². The molecule has 0 spiro atoms. The molecule has 0 radical (unpaired) electrons. The molecule has 0 saturated carbocycles. The second-order valence-corrected chi connectivity index (χ2v) is 5.45. The lowest BCUT2D eigenvalue weighted by molar-refractivity contribution is -0.384. The zero-order chi connectivity index (χ0) is 17.6. The molecule has 0 aliphatic carbocycles. The number of rotatable bonds is 7. The predicted octanol–water partition coefficient (Wildman–Crippen LogP) is 4.49. The predicted molar refractivity (Wildman–Crippen MR) is 92.2 cm³/mol. The van der Waals surface area contributed by atoms with Gasteiger partial charge in [-0.15, -0.1) is 0 Å². The molecule has 2 aromatic carbocycles. The van der Waals surface area contributed by atoms with E-state index in [0.717, 1.165) is 24.2 Å². The van der Waals surface area contributed by atoms with Crippen molar-refractivity contribution in [2.45, 2.75) is 19.8 Å². The summed E-state index contributed by atoms with van der Waals surface area (Å²) in [6, 6.07) is 13.4. The molecule has 7 nitrogen and oxygen atoms in total. The molecule has 0 amide bonds. The fourth-order valence-electron chi connectivity index (χ4n) is 2.22. The van der Waals surface area contributed by atoms with Gasteiger partial charge < -0.3 is 9.26 Å². The first-order chi connectivity index (χ1) is 12.2. The molecule has 0 bridgehead atoms. The molecule has 0 fully saturated rings. The maximum Gasteiger partial charge on any atom is 0.269 e. The molecule has 1 heterocycles. The van der Waals surface area contributed by atoms with Crippen LogP contribution in [0.15, 0.2) is 53.1 Å². The van der Waals surface area contributed by atoms with Gasteiger partial charge in [-0.1, -0.05) is 18.5 Å². The number of unbranched alkanes of at least 4 members (excludes halogenated alkanes) is 1. The van der Waals surface area contributed by atoms with E-state index >= 15 is 0 Å². The largest absolute Gasteiger partial charge is 0.494 e. The first-order valence-electron chi connectivity index (χ1n) is 7.99. The number of nitro benzene ring substituents is 1. The van der Waals surface area contributed by atoms with Crippen LogP contribution in [0.4, 0.5) is 5.69 Å². The monoisotopic (exact) mass is 339 g/mol. The molecule has 3 rings (SSSR count). The van der Waals surface area contributed by atoms with E-state index in [4.69, 9.17) is 9.26 Å². The van der Waals surface area contributed by atoms with Gasteiger partial charge in [0.2, 0.25) is 5.82 Å². The standard InChI is InChI=1S/C18H17N3O4/c1-2-3-12-24-16-10-6-14(7-11-16)18-19-17(20-25-18)13-4-8-15(9-5-13)21(22)23/h4-11H,2-3,12H2,1H3. The van der Waals surface area contributed by atoms with Crippen LogP contribution in [-0.4, -0.2) is 21.7 Å². The van der Waals surface area contributed by atoms with Gasteiger partial charge in [-0.25, -0.2) is 0 Å². The van der Waals surface area contributed by atoms with E-state index in [0.29, 0.717) is 23.9 Å². The van der Waals surface area contributed by atoms with Crippen molar-refractivity contribution in [3.8, 4) is 28.6 Å². The van der Waals surface area contributed by atoms with E-state index in [1.54, 1.807) is 12.1 Å². The Hall–Kier alpha value is -3.22. The zero-order valence-corrected chi connectivity index (χ0v) is 13.7. The van der Waals surface area contributed by atoms with Gasteiger partial charge >= 0.3 is 0 Å². The third-order valence-electron chi connectivity index (χ3n) is 3.63. The first kappa shape index (κ1) is 16.6. The second kappa shape index (κ2) is 7.57. The summed E-state index contributed by atoms with van der Waals surface area (Å²) < 4.78 is 10.9. The van der Waals surface area contributed by atoms with Crippen LogP contribution in [0.1, 0.15) is 19.8 Å². The van der Waals surface area contributed by atoms with Gasteiger partial charge in [0.25, 0.3) is 11.6 Å². The lowest BCUT2D eigenvalue weighted by Crippen LogP contribution is -1.95.